The molecule has 28 heavy (non-hydrogen) atoms. The second kappa shape index (κ2) is 8.39. The number of nitrogens with one attached hydrogen (secondary N) is 1. The third kappa shape index (κ3) is 4.03. The SMILES string of the molecule is CCC(=O)N(Cc1ccccc1)c1c(N)n(Cc2ccccc2)c(=O)[nH]c1=O. The molecule has 0 saturated heterocycles. The van der Waals surface area contributed by atoms with Gasteiger partial charge in [-0.1, -0.05) is 67.6 Å². The minimum atomic E-state index is -0.676. The summed E-state index contributed by atoms with van der Waals surface area (Å²) in [7, 11) is 0. The van der Waals surface area contributed by atoms with Crippen molar-refractivity contribution in [2.75, 3.05) is 10.6 Å². The number of carbonyl (C=O) groups is 1. The van der Waals surface area contributed by atoms with Crippen molar-refractivity contribution in [3.8, 4) is 0 Å². The maximum atomic E-state index is 12.6. The molecule has 3 aromatic rings. The number of nitrogens with two attached hydrogens (primary N) is 1. The first-order chi connectivity index (χ1) is 13.5. The van der Waals surface area contributed by atoms with Crippen molar-refractivity contribution < 1.29 is 4.79 Å². The Morgan fingerprint density at radius 1 is 1.00 bits per heavy atom. The van der Waals surface area contributed by atoms with Crippen LogP contribution in [0.3, 0.4) is 0 Å². The van der Waals surface area contributed by atoms with Gasteiger partial charge in [0.25, 0.3) is 5.56 Å². The summed E-state index contributed by atoms with van der Waals surface area (Å²) < 4.78 is 1.27. The van der Waals surface area contributed by atoms with Gasteiger partial charge in [-0.05, 0) is 11.1 Å². The van der Waals surface area contributed by atoms with Gasteiger partial charge < -0.3 is 10.6 Å². The number of nitrogen functional groups attached to an aromatic ring is 1. The summed E-state index contributed by atoms with van der Waals surface area (Å²) in [6.07, 6.45) is 0.198. The number of benzene rings is 2. The van der Waals surface area contributed by atoms with Crippen molar-refractivity contribution in [3.05, 3.63) is 92.6 Å². The van der Waals surface area contributed by atoms with E-state index >= 15 is 0 Å². The molecule has 0 unspecified atom stereocenters. The van der Waals surface area contributed by atoms with E-state index in [0.717, 1.165) is 11.1 Å². The van der Waals surface area contributed by atoms with E-state index in [0.29, 0.717) is 0 Å². The first kappa shape index (κ1) is 19.2. The van der Waals surface area contributed by atoms with Gasteiger partial charge in [-0.15, -0.1) is 0 Å². The lowest BCUT2D eigenvalue weighted by molar-refractivity contribution is -0.118. The molecule has 7 heteroatoms. The van der Waals surface area contributed by atoms with Crippen LogP contribution in [0.15, 0.2) is 70.3 Å². The molecule has 1 heterocycles. The number of aromatic amines is 1. The van der Waals surface area contributed by atoms with E-state index < -0.39 is 11.2 Å². The van der Waals surface area contributed by atoms with E-state index in [2.05, 4.69) is 4.98 Å². The molecule has 0 atom stereocenters. The molecule has 144 valence electrons. The Bertz CT molecular complexity index is 1070. The number of anilines is 2. The van der Waals surface area contributed by atoms with Crippen molar-refractivity contribution >= 4 is 17.4 Å². The van der Waals surface area contributed by atoms with Gasteiger partial charge in [0.2, 0.25) is 5.91 Å². The summed E-state index contributed by atoms with van der Waals surface area (Å²) in [5, 5.41) is 0. The number of amides is 1. The van der Waals surface area contributed by atoms with Crippen LogP contribution in [-0.4, -0.2) is 15.5 Å². The molecule has 0 bridgehead atoms. The number of aromatic nitrogens is 2. The number of rotatable bonds is 6. The highest BCUT2D eigenvalue weighted by molar-refractivity contribution is 5.95. The molecule has 0 aliphatic heterocycles. The summed E-state index contributed by atoms with van der Waals surface area (Å²) in [4.78, 5) is 41.2. The third-order valence-electron chi connectivity index (χ3n) is 4.45. The lowest BCUT2D eigenvalue weighted by Crippen LogP contribution is -2.40. The van der Waals surface area contributed by atoms with Crippen LogP contribution in [0.5, 0.6) is 0 Å². The highest BCUT2D eigenvalue weighted by Crippen LogP contribution is 2.21. The Morgan fingerprint density at radius 2 is 1.57 bits per heavy atom. The highest BCUT2D eigenvalue weighted by Gasteiger charge is 2.23. The van der Waals surface area contributed by atoms with E-state index in [-0.39, 0.29) is 36.9 Å². The molecule has 0 aliphatic rings. The number of carbonyl (C=O) groups excluding carboxylic acids is 1. The van der Waals surface area contributed by atoms with Crippen LogP contribution in [0.25, 0.3) is 0 Å². The van der Waals surface area contributed by atoms with Gasteiger partial charge in [0.15, 0.2) is 5.69 Å². The second-order valence-electron chi connectivity index (χ2n) is 6.38. The van der Waals surface area contributed by atoms with E-state index in [1.165, 1.54) is 9.47 Å². The Hall–Kier alpha value is -3.61. The summed E-state index contributed by atoms with van der Waals surface area (Å²) in [5.74, 6) is -0.290. The summed E-state index contributed by atoms with van der Waals surface area (Å²) >= 11 is 0. The van der Waals surface area contributed by atoms with Crippen LogP contribution in [0.1, 0.15) is 24.5 Å². The average Bonchev–Trinajstić information content (AvgIpc) is 2.71. The zero-order chi connectivity index (χ0) is 20.1. The van der Waals surface area contributed by atoms with Crippen molar-refractivity contribution in [1.82, 2.24) is 9.55 Å². The quantitative estimate of drug-likeness (QED) is 0.686. The van der Waals surface area contributed by atoms with Gasteiger partial charge in [-0.3, -0.25) is 19.1 Å². The largest absolute Gasteiger partial charge is 0.383 e. The maximum absolute atomic E-state index is 12.6. The Labute approximate surface area is 162 Å². The van der Waals surface area contributed by atoms with Crippen LogP contribution in [0, 0.1) is 0 Å². The molecule has 3 N–H and O–H groups in total. The van der Waals surface area contributed by atoms with Crippen LogP contribution < -0.4 is 21.9 Å². The predicted molar refractivity (Wildman–Crippen MR) is 109 cm³/mol. The fraction of sp³-hybridized carbons (Fsp3) is 0.190. The maximum Gasteiger partial charge on any atom is 0.330 e. The van der Waals surface area contributed by atoms with Gasteiger partial charge in [0, 0.05) is 6.42 Å². The Kier molecular flexibility index (Phi) is 5.74. The lowest BCUT2D eigenvalue weighted by Gasteiger charge is -2.24. The van der Waals surface area contributed by atoms with Crippen LogP contribution in [0.2, 0.25) is 0 Å². The standard InChI is InChI=1S/C21H22N4O3/c1-2-17(26)24(13-15-9-5-3-6-10-15)18-19(22)25(21(28)23-20(18)27)14-16-11-7-4-8-12-16/h3-12H,2,13-14,22H2,1H3,(H,23,27,28). The van der Waals surface area contributed by atoms with Gasteiger partial charge in [-0.25, -0.2) is 4.79 Å². The van der Waals surface area contributed by atoms with Crippen LogP contribution >= 0.6 is 0 Å². The molecule has 2 aromatic carbocycles. The zero-order valence-corrected chi connectivity index (χ0v) is 15.6. The molecule has 0 fully saturated rings. The van der Waals surface area contributed by atoms with Crippen LogP contribution in [0.4, 0.5) is 11.5 Å². The topological polar surface area (TPSA) is 101 Å². The fourth-order valence-electron chi connectivity index (χ4n) is 3.01. The van der Waals surface area contributed by atoms with E-state index in [9.17, 15) is 14.4 Å². The summed E-state index contributed by atoms with van der Waals surface area (Å²) in [6.45, 7) is 2.09. The van der Waals surface area contributed by atoms with Gasteiger partial charge in [0.1, 0.15) is 5.82 Å². The van der Waals surface area contributed by atoms with E-state index in [1.54, 1.807) is 6.92 Å². The molecular formula is C21H22N4O3. The molecule has 3 rings (SSSR count). The molecule has 1 aromatic heterocycles. The molecule has 1 amide bonds. The Morgan fingerprint density at radius 3 is 2.14 bits per heavy atom. The van der Waals surface area contributed by atoms with Crippen molar-refractivity contribution in [2.45, 2.75) is 26.4 Å². The zero-order valence-electron chi connectivity index (χ0n) is 15.6. The Balaban J connectivity index is 2.09. The monoisotopic (exact) mass is 378 g/mol. The molecule has 0 radical (unpaired) electrons. The first-order valence-corrected chi connectivity index (χ1v) is 9.02. The average molecular weight is 378 g/mol. The summed E-state index contributed by atoms with van der Waals surface area (Å²) in [6, 6.07) is 18.6. The lowest BCUT2D eigenvalue weighted by atomic mass is 10.2. The molecule has 0 aliphatic carbocycles. The van der Waals surface area contributed by atoms with Gasteiger partial charge in [-0.2, -0.15) is 0 Å². The number of hydrogen-bond acceptors (Lipinski definition) is 4. The number of H-pyrrole nitrogens is 1. The normalized spacial score (nSPS) is 10.6. The van der Waals surface area contributed by atoms with E-state index in [4.69, 9.17) is 5.73 Å². The first-order valence-electron chi connectivity index (χ1n) is 9.02. The van der Waals surface area contributed by atoms with Crippen LogP contribution in [-0.2, 0) is 17.9 Å². The smallest absolute Gasteiger partial charge is 0.330 e. The van der Waals surface area contributed by atoms with Crippen molar-refractivity contribution in [1.29, 1.82) is 0 Å². The van der Waals surface area contributed by atoms with Crippen molar-refractivity contribution in [2.24, 2.45) is 0 Å². The molecule has 0 spiro atoms. The number of nitrogens with zero attached hydrogens (tertiary/aromatic N) is 2. The number of hydrogen-bond donors (Lipinski definition) is 2. The minimum Gasteiger partial charge on any atom is -0.383 e. The second-order valence-corrected chi connectivity index (χ2v) is 6.38. The third-order valence-corrected chi connectivity index (χ3v) is 4.45. The molecule has 7 nitrogen and oxygen atoms in total. The van der Waals surface area contributed by atoms with Gasteiger partial charge in [0.05, 0.1) is 13.1 Å². The van der Waals surface area contributed by atoms with E-state index in [1.807, 2.05) is 60.7 Å². The van der Waals surface area contributed by atoms with Gasteiger partial charge >= 0.3 is 5.69 Å². The fourth-order valence-corrected chi connectivity index (χ4v) is 3.01. The molecule has 0 saturated carbocycles. The summed E-state index contributed by atoms with van der Waals surface area (Å²) in [5.41, 5.74) is 6.64. The molecular weight excluding hydrogens is 356 g/mol. The highest BCUT2D eigenvalue weighted by atomic mass is 16.2. The predicted octanol–water partition coefficient (Wildman–Crippen LogP) is 2.11. The minimum absolute atomic E-state index is 0.00812. The van der Waals surface area contributed by atoms with Crippen molar-refractivity contribution in [3.63, 3.8) is 0 Å².